The molecule has 1 atom stereocenters. The van der Waals surface area contributed by atoms with Crippen molar-refractivity contribution in [3.63, 3.8) is 0 Å². The number of aromatic amines is 1. The fourth-order valence-electron chi connectivity index (χ4n) is 1.86. The fourth-order valence-corrected chi connectivity index (χ4v) is 1.86. The van der Waals surface area contributed by atoms with Crippen molar-refractivity contribution in [1.82, 2.24) is 20.5 Å². The van der Waals surface area contributed by atoms with Crippen LogP contribution < -0.4 is 5.32 Å². The number of hydrogen-bond acceptors (Lipinski definition) is 4. The molecule has 0 radical (unpaired) electrons. The molecular formula is C14H18N4O2. The molecule has 1 aromatic heterocycles. The summed E-state index contributed by atoms with van der Waals surface area (Å²) in [6, 6.07) is 9.33. The third-order valence-corrected chi connectivity index (χ3v) is 2.95. The van der Waals surface area contributed by atoms with Crippen molar-refractivity contribution < 1.29 is 9.90 Å². The van der Waals surface area contributed by atoms with Gasteiger partial charge in [-0.25, -0.2) is 4.98 Å². The van der Waals surface area contributed by atoms with Crippen molar-refractivity contribution in [3.05, 3.63) is 47.5 Å². The largest absolute Gasteiger partial charge is 0.394 e. The predicted molar refractivity (Wildman–Crippen MR) is 74.2 cm³/mol. The first-order chi connectivity index (χ1) is 9.72. The van der Waals surface area contributed by atoms with Gasteiger partial charge < -0.3 is 10.4 Å². The van der Waals surface area contributed by atoms with Gasteiger partial charge in [-0.15, -0.1) is 5.10 Å². The van der Waals surface area contributed by atoms with E-state index >= 15 is 0 Å². The maximum atomic E-state index is 12.0. The van der Waals surface area contributed by atoms with E-state index in [0.29, 0.717) is 18.7 Å². The molecule has 2 aromatic rings. The Morgan fingerprint density at radius 1 is 1.40 bits per heavy atom. The Morgan fingerprint density at radius 3 is 2.75 bits per heavy atom. The van der Waals surface area contributed by atoms with Gasteiger partial charge in [0.05, 0.1) is 12.6 Å². The number of aryl methyl sites for hydroxylation is 1. The molecule has 0 saturated carbocycles. The summed E-state index contributed by atoms with van der Waals surface area (Å²) in [5.41, 5.74) is 1.05. The molecule has 0 unspecified atom stereocenters. The van der Waals surface area contributed by atoms with E-state index in [-0.39, 0.29) is 24.4 Å². The molecular weight excluding hydrogens is 256 g/mol. The number of rotatable bonds is 6. The van der Waals surface area contributed by atoms with Crippen molar-refractivity contribution >= 4 is 5.91 Å². The van der Waals surface area contributed by atoms with E-state index in [1.807, 2.05) is 37.3 Å². The van der Waals surface area contributed by atoms with Gasteiger partial charge in [-0.05, 0) is 12.0 Å². The van der Waals surface area contributed by atoms with Crippen LogP contribution in [0.3, 0.4) is 0 Å². The number of H-pyrrole nitrogens is 1. The molecule has 0 saturated heterocycles. The lowest BCUT2D eigenvalue weighted by Crippen LogP contribution is -2.39. The van der Waals surface area contributed by atoms with Crippen LogP contribution in [0.4, 0.5) is 0 Å². The highest BCUT2D eigenvalue weighted by Gasteiger charge is 2.17. The second-order valence-corrected chi connectivity index (χ2v) is 4.50. The first-order valence-electron chi connectivity index (χ1n) is 6.59. The summed E-state index contributed by atoms with van der Waals surface area (Å²) in [6.45, 7) is 1.79. The van der Waals surface area contributed by atoms with Crippen LogP contribution in [0.15, 0.2) is 30.3 Å². The molecule has 3 N–H and O–H groups in total. The topological polar surface area (TPSA) is 90.9 Å². The van der Waals surface area contributed by atoms with Gasteiger partial charge in [-0.1, -0.05) is 37.3 Å². The van der Waals surface area contributed by atoms with Gasteiger partial charge in [0.15, 0.2) is 0 Å². The minimum Gasteiger partial charge on any atom is -0.394 e. The molecule has 6 heteroatoms. The van der Waals surface area contributed by atoms with E-state index in [9.17, 15) is 9.90 Å². The standard InChI is InChI=1S/C14H18N4O2/c1-2-12-16-13(18-17-12)14(20)15-11(9-19)8-10-6-4-3-5-7-10/h3-7,11,19H,2,8-9H2,1H3,(H,15,20)(H,16,17,18)/t11-/m1/s1. The second-order valence-electron chi connectivity index (χ2n) is 4.50. The van der Waals surface area contributed by atoms with Crippen LogP contribution in [-0.4, -0.2) is 38.8 Å². The van der Waals surface area contributed by atoms with Gasteiger partial charge in [0.2, 0.25) is 5.82 Å². The average Bonchev–Trinajstić information content (AvgIpc) is 2.96. The maximum absolute atomic E-state index is 12.0. The van der Waals surface area contributed by atoms with E-state index in [4.69, 9.17) is 0 Å². The smallest absolute Gasteiger partial charge is 0.291 e. The number of carbonyl (C=O) groups excluding carboxylic acids is 1. The first-order valence-corrected chi connectivity index (χ1v) is 6.59. The molecule has 1 amide bonds. The van der Waals surface area contributed by atoms with Crippen molar-refractivity contribution in [2.75, 3.05) is 6.61 Å². The lowest BCUT2D eigenvalue weighted by atomic mass is 10.1. The summed E-state index contributed by atoms with van der Waals surface area (Å²) in [4.78, 5) is 16.0. The van der Waals surface area contributed by atoms with Gasteiger partial charge >= 0.3 is 0 Å². The van der Waals surface area contributed by atoms with Gasteiger partial charge in [-0.2, -0.15) is 0 Å². The first kappa shape index (κ1) is 14.2. The molecule has 1 aromatic carbocycles. The molecule has 106 valence electrons. The van der Waals surface area contributed by atoms with E-state index in [0.717, 1.165) is 5.56 Å². The lowest BCUT2D eigenvalue weighted by molar-refractivity contribution is 0.0906. The van der Waals surface area contributed by atoms with E-state index < -0.39 is 0 Å². The molecule has 0 bridgehead atoms. The Kier molecular flexibility index (Phi) is 4.84. The lowest BCUT2D eigenvalue weighted by Gasteiger charge is -2.15. The van der Waals surface area contributed by atoms with Crippen LogP contribution in [0.25, 0.3) is 0 Å². The van der Waals surface area contributed by atoms with Gasteiger partial charge in [0.1, 0.15) is 5.82 Å². The Bertz CT molecular complexity index is 553. The molecule has 20 heavy (non-hydrogen) atoms. The zero-order valence-electron chi connectivity index (χ0n) is 11.3. The zero-order valence-corrected chi connectivity index (χ0v) is 11.3. The Balaban J connectivity index is 1.97. The summed E-state index contributed by atoms with van der Waals surface area (Å²) in [7, 11) is 0. The van der Waals surface area contributed by atoms with Crippen molar-refractivity contribution in [3.8, 4) is 0 Å². The van der Waals surface area contributed by atoms with Crippen molar-refractivity contribution in [1.29, 1.82) is 0 Å². The van der Waals surface area contributed by atoms with Crippen LogP contribution in [0.1, 0.15) is 28.9 Å². The van der Waals surface area contributed by atoms with Gasteiger partial charge in [-0.3, -0.25) is 9.89 Å². The normalized spacial score (nSPS) is 12.1. The highest BCUT2D eigenvalue weighted by molar-refractivity contribution is 5.90. The average molecular weight is 274 g/mol. The number of aliphatic hydroxyl groups is 1. The fraction of sp³-hybridized carbons (Fsp3) is 0.357. The molecule has 0 aliphatic heterocycles. The molecule has 0 spiro atoms. The number of carbonyl (C=O) groups is 1. The summed E-state index contributed by atoms with van der Waals surface area (Å²) >= 11 is 0. The summed E-state index contributed by atoms with van der Waals surface area (Å²) in [5.74, 6) is 0.392. The monoisotopic (exact) mass is 274 g/mol. The molecule has 0 fully saturated rings. The van der Waals surface area contributed by atoms with Crippen LogP contribution in [-0.2, 0) is 12.8 Å². The maximum Gasteiger partial charge on any atom is 0.291 e. The highest BCUT2D eigenvalue weighted by Crippen LogP contribution is 2.03. The zero-order chi connectivity index (χ0) is 14.4. The predicted octanol–water partition coefficient (Wildman–Crippen LogP) is 0.700. The number of hydrogen-bond donors (Lipinski definition) is 3. The molecule has 0 aliphatic carbocycles. The third-order valence-electron chi connectivity index (χ3n) is 2.95. The molecule has 2 rings (SSSR count). The Morgan fingerprint density at radius 2 is 2.15 bits per heavy atom. The number of nitrogens with zero attached hydrogens (tertiary/aromatic N) is 2. The van der Waals surface area contributed by atoms with Crippen molar-refractivity contribution in [2.45, 2.75) is 25.8 Å². The second kappa shape index (κ2) is 6.81. The number of amides is 1. The Hall–Kier alpha value is -2.21. The quantitative estimate of drug-likeness (QED) is 0.723. The van der Waals surface area contributed by atoms with Crippen molar-refractivity contribution in [2.24, 2.45) is 0 Å². The van der Waals surface area contributed by atoms with E-state index in [1.54, 1.807) is 0 Å². The van der Waals surface area contributed by atoms with Crippen LogP contribution in [0, 0.1) is 0 Å². The molecule has 0 aliphatic rings. The number of nitrogens with one attached hydrogen (secondary N) is 2. The molecule has 6 nitrogen and oxygen atoms in total. The number of benzene rings is 1. The summed E-state index contributed by atoms with van der Waals surface area (Å²) in [5, 5.41) is 18.7. The van der Waals surface area contributed by atoms with Crippen LogP contribution >= 0.6 is 0 Å². The van der Waals surface area contributed by atoms with Crippen LogP contribution in [0.2, 0.25) is 0 Å². The summed E-state index contributed by atoms with van der Waals surface area (Å²) < 4.78 is 0. The minimum absolute atomic E-state index is 0.105. The van der Waals surface area contributed by atoms with Crippen LogP contribution in [0.5, 0.6) is 0 Å². The van der Waals surface area contributed by atoms with E-state index in [2.05, 4.69) is 20.5 Å². The van der Waals surface area contributed by atoms with Gasteiger partial charge in [0.25, 0.3) is 5.91 Å². The SMILES string of the molecule is CCc1nc(C(=O)N[C@@H](CO)Cc2ccccc2)n[nH]1. The van der Waals surface area contributed by atoms with E-state index in [1.165, 1.54) is 0 Å². The highest BCUT2D eigenvalue weighted by atomic mass is 16.3. The molecule has 1 heterocycles. The number of aromatic nitrogens is 3. The third kappa shape index (κ3) is 3.64. The number of aliphatic hydroxyl groups excluding tert-OH is 1. The minimum atomic E-state index is -0.379. The summed E-state index contributed by atoms with van der Waals surface area (Å²) in [6.07, 6.45) is 1.25. The van der Waals surface area contributed by atoms with Gasteiger partial charge in [0, 0.05) is 6.42 Å². The Labute approximate surface area is 117 Å².